The van der Waals surface area contributed by atoms with Crippen molar-refractivity contribution in [1.82, 2.24) is 0 Å². The predicted molar refractivity (Wildman–Crippen MR) is 158 cm³/mol. The third-order valence-electron chi connectivity index (χ3n) is 12.2. The van der Waals surface area contributed by atoms with E-state index in [-0.39, 0.29) is 6.10 Å². The minimum absolute atomic E-state index is 0.210. The van der Waals surface area contributed by atoms with Crippen molar-refractivity contribution < 1.29 is 14.6 Å². The summed E-state index contributed by atoms with van der Waals surface area (Å²) < 4.78 is 6.66. The fourth-order valence-corrected chi connectivity index (χ4v) is 10.4. The van der Waals surface area contributed by atoms with Crippen molar-refractivity contribution >= 4 is 5.97 Å². The molecule has 0 radical (unpaired) electrons. The third kappa shape index (κ3) is 5.80. The summed E-state index contributed by atoms with van der Waals surface area (Å²) in [4.78, 5) is 11.7. The Kier molecular flexibility index (Phi) is 8.62. The lowest BCUT2D eigenvalue weighted by molar-refractivity contribution is -0.156. The van der Waals surface area contributed by atoms with Crippen LogP contribution in [0, 0.1) is 51.8 Å². The Hall–Kier alpha value is -0.830. The first kappa shape index (κ1) is 30.1. The molecule has 1 N–H and O–H groups in total. The van der Waals surface area contributed by atoms with Crippen molar-refractivity contribution in [3.05, 3.63) is 11.6 Å². The van der Waals surface area contributed by atoms with Crippen molar-refractivity contribution in [2.24, 2.45) is 51.8 Å². The summed E-state index contributed by atoms with van der Waals surface area (Å²) in [5.74, 6) is 4.47. The fraction of sp³-hybridized carbons (Fsp3) is 0.914. The second-order valence-electron chi connectivity index (χ2n) is 16.4. The first-order chi connectivity index (χ1) is 17.6. The monoisotopic (exact) mass is 528 g/mol. The molecule has 8 atom stereocenters. The van der Waals surface area contributed by atoms with E-state index in [9.17, 15) is 9.90 Å². The smallest absolute Gasteiger partial charge is 0.309 e. The van der Waals surface area contributed by atoms with Gasteiger partial charge in [-0.1, -0.05) is 65.5 Å². The fourth-order valence-electron chi connectivity index (χ4n) is 10.4. The maximum absolute atomic E-state index is 11.7. The highest BCUT2D eigenvalue weighted by atomic mass is 16.5. The molecule has 38 heavy (non-hydrogen) atoms. The van der Waals surface area contributed by atoms with Gasteiger partial charge in [0.25, 0.3) is 0 Å². The summed E-state index contributed by atoms with van der Waals surface area (Å²) in [6.07, 6.45) is 18.0. The zero-order chi connectivity index (χ0) is 28.1. The first-order valence-electron chi connectivity index (χ1n) is 16.2. The van der Waals surface area contributed by atoms with E-state index in [1.54, 1.807) is 5.57 Å². The summed E-state index contributed by atoms with van der Waals surface area (Å²) in [7, 11) is 0. The summed E-state index contributed by atoms with van der Waals surface area (Å²) >= 11 is 0. The zero-order valence-corrected chi connectivity index (χ0v) is 26.4. The minimum Gasteiger partial charge on any atom is -0.481 e. The standard InChI is InChI=1S/C35H60O3/c1-23(2)11-10-12-24(3)28-15-16-29-27-14-13-25-21-26(38-33(6,7)22-32(4,5)31(36)37)17-19-34(25,8)30(27)18-20-35(28,29)9/h13,23-24,26-30H,10-12,14-22H2,1-9H3,(H,36,37)/t24-,26+,27?,28-,29?,30?,34+,35-/m1/s1. The van der Waals surface area contributed by atoms with Crippen LogP contribution in [0.25, 0.3) is 0 Å². The number of hydrogen-bond donors (Lipinski definition) is 1. The van der Waals surface area contributed by atoms with Crippen LogP contribution in [0.2, 0.25) is 0 Å². The van der Waals surface area contributed by atoms with Crippen molar-refractivity contribution in [2.45, 2.75) is 151 Å². The number of carbonyl (C=O) groups is 1. The molecule has 4 aliphatic rings. The number of aliphatic carboxylic acids is 1. The maximum Gasteiger partial charge on any atom is 0.309 e. The van der Waals surface area contributed by atoms with Crippen LogP contribution in [0.5, 0.6) is 0 Å². The molecular weight excluding hydrogens is 468 g/mol. The van der Waals surface area contributed by atoms with E-state index < -0.39 is 17.0 Å². The summed E-state index contributed by atoms with van der Waals surface area (Å²) in [6, 6.07) is 0. The van der Waals surface area contributed by atoms with Crippen LogP contribution >= 0.6 is 0 Å². The molecular formula is C35H60O3. The number of carboxylic acids is 1. The summed E-state index contributed by atoms with van der Waals surface area (Å²) in [6.45, 7) is 20.4. The molecule has 0 aromatic carbocycles. The lowest BCUT2D eigenvalue weighted by Crippen LogP contribution is -2.51. The third-order valence-corrected chi connectivity index (χ3v) is 12.2. The highest BCUT2D eigenvalue weighted by Gasteiger charge is 2.59. The summed E-state index contributed by atoms with van der Waals surface area (Å²) in [5.41, 5.74) is 1.32. The van der Waals surface area contributed by atoms with Crippen molar-refractivity contribution in [3.63, 3.8) is 0 Å². The Balaban J connectivity index is 1.42. The molecule has 0 heterocycles. The van der Waals surface area contributed by atoms with E-state index in [0.717, 1.165) is 48.3 Å². The van der Waals surface area contributed by atoms with Gasteiger partial charge in [0.05, 0.1) is 17.1 Å². The quantitative estimate of drug-likeness (QED) is 0.287. The molecule has 0 saturated heterocycles. The predicted octanol–water partition coefficient (Wildman–Crippen LogP) is 9.69. The lowest BCUT2D eigenvalue weighted by Gasteiger charge is -2.58. The van der Waals surface area contributed by atoms with E-state index in [1.165, 1.54) is 57.8 Å². The van der Waals surface area contributed by atoms with Crippen LogP contribution in [0.1, 0.15) is 139 Å². The van der Waals surface area contributed by atoms with Gasteiger partial charge >= 0.3 is 5.97 Å². The molecule has 3 nitrogen and oxygen atoms in total. The van der Waals surface area contributed by atoms with Crippen molar-refractivity contribution in [1.29, 1.82) is 0 Å². The van der Waals surface area contributed by atoms with E-state index in [0.29, 0.717) is 17.3 Å². The van der Waals surface area contributed by atoms with E-state index in [2.05, 4.69) is 54.5 Å². The molecule has 3 heteroatoms. The molecule has 3 saturated carbocycles. The van der Waals surface area contributed by atoms with E-state index in [4.69, 9.17) is 4.74 Å². The lowest BCUT2D eigenvalue weighted by atomic mass is 9.47. The molecule has 3 unspecified atom stereocenters. The molecule has 0 bridgehead atoms. The van der Waals surface area contributed by atoms with Crippen LogP contribution in [0.4, 0.5) is 0 Å². The summed E-state index contributed by atoms with van der Waals surface area (Å²) in [5, 5.41) is 9.63. The highest BCUT2D eigenvalue weighted by molar-refractivity contribution is 5.73. The van der Waals surface area contributed by atoms with Gasteiger partial charge in [-0.15, -0.1) is 0 Å². The van der Waals surface area contributed by atoms with E-state index in [1.807, 2.05) is 13.8 Å². The van der Waals surface area contributed by atoms with E-state index >= 15 is 0 Å². The minimum atomic E-state index is -0.774. The molecule has 4 aliphatic carbocycles. The Morgan fingerprint density at radius 3 is 2.39 bits per heavy atom. The van der Waals surface area contributed by atoms with Gasteiger partial charge in [0.1, 0.15) is 0 Å². The van der Waals surface area contributed by atoms with Gasteiger partial charge in [-0.05, 0) is 132 Å². The van der Waals surface area contributed by atoms with Crippen LogP contribution in [0.15, 0.2) is 11.6 Å². The molecule has 3 fully saturated rings. The molecule has 0 spiro atoms. The molecule has 218 valence electrons. The first-order valence-corrected chi connectivity index (χ1v) is 16.2. The second kappa shape index (κ2) is 10.9. The van der Waals surface area contributed by atoms with Gasteiger partial charge in [0.2, 0.25) is 0 Å². The Morgan fingerprint density at radius 1 is 1.03 bits per heavy atom. The Bertz CT molecular complexity index is 884. The van der Waals surface area contributed by atoms with Crippen molar-refractivity contribution in [2.75, 3.05) is 0 Å². The zero-order valence-electron chi connectivity index (χ0n) is 26.4. The average molecular weight is 529 g/mol. The van der Waals surface area contributed by atoms with Gasteiger partial charge in [-0.25, -0.2) is 0 Å². The highest BCUT2D eigenvalue weighted by Crippen LogP contribution is 2.67. The topological polar surface area (TPSA) is 46.5 Å². The number of hydrogen-bond acceptors (Lipinski definition) is 2. The molecule has 0 amide bonds. The van der Waals surface area contributed by atoms with Crippen LogP contribution in [0.3, 0.4) is 0 Å². The molecule has 0 aromatic heterocycles. The number of rotatable bonds is 10. The number of carboxylic acid groups (broad SMARTS) is 1. The van der Waals surface area contributed by atoms with Crippen molar-refractivity contribution in [3.8, 4) is 0 Å². The normalized spacial score (nSPS) is 38.3. The number of ether oxygens (including phenoxy) is 1. The maximum atomic E-state index is 11.7. The Labute approximate surface area is 235 Å². The van der Waals surface area contributed by atoms with Gasteiger partial charge in [0, 0.05) is 0 Å². The van der Waals surface area contributed by atoms with Crippen LogP contribution in [-0.4, -0.2) is 22.8 Å². The molecule has 0 aliphatic heterocycles. The van der Waals surface area contributed by atoms with Gasteiger partial charge in [-0.2, -0.15) is 0 Å². The van der Waals surface area contributed by atoms with Gasteiger partial charge < -0.3 is 9.84 Å². The average Bonchev–Trinajstić information content (AvgIpc) is 3.15. The SMILES string of the molecule is CC(C)CCC[C@@H](C)[C@H]1CCC2C3CC=C4C[C@@H](OC(C)(C)CC(C)(C)C(=O)O)CC[C@]4(C)C3CC[C@@]21C. The number of allylic oxidation sites excluding steroid dienone is 1. The number of fused-ring (bicyclic) bond motifs is 5. The van der Waals surface area contributed by atoms with Crippen LogP contribution < -0.4 is 0 Å². The van der Waals surface area contributed by atoms with Gasteiger partial charge in [-0.3, -0.25) is 4.79 Å². The molecule has 4 rings (SSSR count). The van der Waals surface area contributed by atoms with Gasteiger partial charge in [0.15, 0.2) is 0 Å². The van der Waals surface area contributed by atoms with Crippen LogP contribution in [-0.2, 0) is 9.53 Å². The largest absolute Gasteiger partial charge is 0.481 e. The Morgan fingerprint density at radius 2 is 1.74 bits per heavy atom. The molecule has 0 aromatic rings. The second-order valence-corrected chi connectivity index (χ2v) is 16.4.